The van der Waals surface area contributed by atoms with Gasteiger partial charge in [0.05, 0.1) is 0 Å². The minimum Gasteiger partial charge on any atom is -0.444 e. The molecule has 1 atom stereocenters. The number of benzene rings is 1. The molecule has 0 spiro atoms. The number of hydrogen-bond acceptors (Lipinski definition) is 4. The van der Waals surface area contributed by atoms with Gasteiger partial charge in [0.2, 0.25) is 5.91 Å². The number of likely N-dealkylation sites (tertiary alicyclic amines) is 1. The molecule has 1 aromatic rings. The van der Waals surface area contributed by atoms with Gasteiger partial charge in [-0.1, -0.05) is 0 Å². The maximum atomic E-state index is 13.1. The van der Waals surface area contributed by atoms with Gasteiger partial charge in [0.15, 0.2) is 0 Å². The van der Waals surface area contributed by atoms with E-state index in [1.54, 1.807) is 14.7 Å². The first-order valence-corrected chi connectivity index (χ1v) is 10.5. The summed E-state index contributed by atoms with van der Waals surface area (Å²) in [7, 11) is 0. The molecular weight excluding hydrogens is 389 g/mol. The Morgan fingerprint density at radius 2 is 1.63 bits per heavy atom. The van der Waals surface area contributed by atoms with Crippen molar-refractivity contribution in [2.75, 3.05) is 32.7 Å². The maximum absolute atomic E-state index is 13.1. The number of carbonyl (C=O) groups excluding carboxylic acids is 3. The summed E-state index contributed by atoms with van der Waals surface area (Å²) in [5, 5.41) is 0. The smallest absolute Gasteiger partial charge is 0.410 e. The van der Waals surface area contributed by atoms with Gasteiger partial charge in [0.1, 0.15) is 11.4 Å². The molecule has 0 aromatic heterocycles. The van der Waals surface area contributed by atoms with Crippen molar-refractivity contribution in [1.82, 2.24) is 14.7 Å². The molecule has 2 heterocycles. The lowest BCUT2D eigenvalue weighted by Gasteiger charge is -2.41. The fraction of sp³-hybridized carbons (Fsp3) is 0.591. The van der Waals surface area contributed by atoms with Gasteiger partial charge in [-0.15, -0.1) is 0 Å². The molecule has 2 fully saturated rings. The lowest BCUT2D eigenvalue weighted by molar-refractivity contribution is -0.133. The number of hydrogen-bond donors (Lipinski definition) is 0. The molecular formula is C22H30FN3O4. The Labute approximate surface area is 176 Å². The molecule has 0 aliphatic carbocycles. The predicted octanol–water partition coefficient (Wildman–Crippen LogP) is 2.90. The Kier molecular flexibility index (Phi) is 6.63. The molecule has 1 aromatic carbocycles. The largest absolute Gasteiger partial charge is 0.444 e. The van der Waals surface area contributed by atoms with Crippen molar-refractivity contribution in [1.29, 1.82) is 0 Å². The van der Waals surface area contributed by atoms with Crippen molar-refractivity contribution < 1.29 is 23.5 Å². The number of carbonyl (C=O) groups is 3. The summed E-state index contributed by atoms with van der Waals surface area (Å²) in [6, 6.07) is 5.37. The number of halogens is 1. The van der Waals surface area contributed by atoms with Crippen LogP contribution in [-0.4, -0.2) is 77.0 Å². The summed E-state index contributed by atoms with van der Waals surface area (Å²) in [6.07, 6.45) is 1.36. The van der Waals surface area contributed by atoms with Crippen LogP contribution in [0.3, 0.4) is 0 Å². The van der Waals surface area contributed by atoms with Gasteiger partial charge in [-0.25, -0.2) is 9.18 Å². The van der Waals surface area contributed by atoms with Crippen LogP contribution in [0, 0.1) is 5.82 Å². The molecule has 0 radical (unpaired) electrons. The van der Waals surface area contributed by atoms with Gasteiger partial charge in [-0.2, -0.15) is 0 Å². The van der Waals surface area contributed by atoms with Crippen LogP contribution in [0.2, 0.25) is 0 Å². The van der Waals surface area contributed by atoms with E-state index < -0.39 is 5.60 Å². The molecule has 2 aliphatic heterocycles. The first-order valence-electron chi connectivity index (χ1n) is 10.5. The monoisotopic (exact) mass is 419 g/mol. The third kappa shape index (κ3) is 5.49. The summed E-state index contributed by atoms with van der Waals surface area (Å²) in [6.45, 7) is 8.07. The molecule has 0 bridgehead atoms. The van der Waals surface area contributed by atoms with Crippen molar-refractivity contribution in [3.05, 3.63) is 35.6 Å². The van der Waals surface area contributed by atoms with Gasteiger partial charge in [-0.05, 0) is 57.9 Å². The van der Waals surface area contributed by atoms with Gasteiger partial charge < -0.3 is 19.4 Å². The maximum Gasteiger partial charge on any atom is 0.410 e. The van der Waals surface area contributed by atoms with Gasteiger partial charge in [0.25, 0.3) is 5.91 Å². The topological polar surface area (TPSA) is 70.2 Å². The second kappa shape index (κ2) is 9.02. The highest BCUT2D eigenvalue weighted by atomic mass is 19.1. The van der Waals surface area contributed by atoms with Crippen LogP contribution in [0.1, 0.15) is 50.4 Å². The number of rotatable bonds is 3. The van der Waals surface area contributed by atoms with Crippen molar-refractivity contribution in [2.45, 2.75) is 51.7 Å². The molecule has 3 amide bonds. The summed E-state index contributed by atoms with van der Waals surface area (Å²) in [4.78, 5) is 42.8. The molecule has 7 nitrogen and oxygen atoms in total. The molecule has 164 valence electrons. The van der Waals surface area contributed by atoms with E-state index in [0.717, 1.165) is 6.42 Å². The van der Waals surface area contributed by atoms with Crippen LogP contribution < -0.4 is 0 Å². The number of ether oxygens (including phenoxy) is 1. The van der Waals surface area contributed by atoms with Crippen LogP contribution >= 0.6 is 0 Å². The van der Waals surface area contributed by atoms with E-state index in [2.05, 4.69) is 0 Å². The second-order valence-corrected chi connectivity index (χ2v) is 8.85. The second-order valence-electron chi connectivity index (χ2n) is 8.85. The minimum atomic E-state index is -0.563. The third-order valence-corrected chi connectivity index (χ3v) is 5.41. The zero-order chi connectivity index (χ0) is 21.9. The molecule has 8 heteroatoms. The number of nitrogens with zero attached hydrogens (tertiary/aromatic N) is 3. The Morgan fingerprint density at radius 3 is 2.23 bits per heavy atom. The Morgan fingerprint density at radius 1 is 1.00 bits per heavy atom. The number of amides is 3. The van der Waals surface area contributed by atoms with E-state index in [9.17, 15) is 18.8 Å². The lowest BCUT2D eigenvalue weighted by atomic mass is 9.99. The normalized spacial score (nSPS) is 19.7. The first kappa shape index (κ1) is 22.1. The standard InChI is InChI=1S/C22H30FN3O4/c1-22(2,3)30-21(29)26-12-9-18(26)15-19(27)24-10-4-11-25(14-13-24)20(28)16-5-7-17(23)8-6-16/h5-8,18H,4,9-15H2,1-3H3. The fourth-order valence-corrected chi connectivity index (χ4v) is 3.69. The van der Waals surface area contributed by atoms with E-state index in [0.29, 0.717) is 44.7 Å². The van der Waals surface area contributed by atoms with Crippen LogP contribution in [0.5, 0.6) is 0 Å². The highest BCUT2D eigenvalue weighted by molar-refractivity contribution is 5.94. The van der Waals surface area contributed by atoms with Crippen LogP contribution in [0.15, 0.2) is 24.3 Å². The zero-order valence-electron chi connectivity index (χ0n) is 17.9. The van der Waals surface area contributed by atoms with E-state index in [-0.39, 0.29) is 36.2 Å². The Balaban J connectivity index is 1.51. The summed E-state index contributed by atoms with van der Waals surface area (Å²) in [5.41, 5.74) is -0.120. The van der Waals surface area contributed by atoms with Crippen LogP contribution in [-0.2, 0) is 9.53 Å². The average Bonchev–Trinajstić information content (AvgIpc) is 2.90. The SMILES string of the molecule is CC(C)(C)OC(=O)N1CCC1CC(=O)N1CCCN(C(=O)c2ccc(F)cc2)CC1. The average molecular weight is 419 g/mol. The van der Waals surface area contributed by atoms with E-state index >= 15 is 0 Å². The van der Waals surface area contributed by atoms with Crippen LogP contribution in [0.25, 0.3) is 0 Å². The molecule has 3 rings (SSSR count). The predicted molar refractivity (Wildman–Crippen MR) is 109 cm³/mol. The van der Waals surface area contributed by atoms with Crippen molar-refractivity contribution in [2.24, 2.45) is 0 Å². The zero-order valence-corrected chi connectivity index (χ0v) is 17.9. The van der Waals surface area contributed by atoms with Gasteiger partial charge in [0, 0.05) is 50.7 Å². The van der Waals surface area contributed by atoms with Gasteiger partial charge >= 0.3 is 6.09 Å². The molecule has 0 N–H and O–H groups in total. The quantitative estimate of drug-likeness (QED) is 0.755. The van der Waals surface area contributed by atoms with Crippen LogP contribution in [0.4, 0.5) is 9.18 Å². The minimum absolute atomic E-state index is 0.00987. The van der Waals surface area contributed by atoms with E-state index in [4.69, 9.17) is 4.74 Å². The highest BCUT2D eigenvalue weighted by Crippen LogP contribution is 2.24. The third-order valence-electron chi connectivity index (χ3n) is 5.41. The van der Waals surface area contributed by atoms with Crippen molar-refractivity contribution in [3.8, 4) is 0 Å². The molecule has 2 saturated heterocycles. The molecule has 0 saturated carbocycles. The first-order chi connectivity index (χ1) is 14.1. The lowest BCUT2D eigenvalue weighted by Crippen LogP contribution is -2.54. The van der Waals surface area contributed by atoms with Crippen molar-refractivity contribution in [3.63, 3.8) is 0 Å². The Bertz CT molecular complexity index is 791. The summed E-state index contributed by atoms with van der Waals surface area (Å²) >= 11 is 0. The van der Waals surface area contributed by atoms with E-state index in [1.165, 1.54) is 24.3 Å². The van der Waals surface area contributed by atoms with Crippen molar-refractivity contribution >= 4 is 17.9 Å². The highest BCUT2D eigenvalue weighted by Gasteiger charge is 2.37. The summed E-state index contributed by atoms with van der Waals surface area (Å²) in [5.74, 6) is -0.542. The molecule has 2 aliphatic rings. The Hall–Kier alpha value is -2.64. The van der Waals surface area contributed by atoms with Gasteiger partial charge in [-0.3, -0.25) is 9.59 Å². The fourth-order valence-electron chi connectivity index (χ4n) is 3.69. The summed E-state index contributed by atoms with van der Waals surface area (Å²) < 4.78 is 18.5. The van der Waals surface area contributed by atoms with E-state index in [1.807, 2.05) is 20.8 Å². The molecule has 30 heavy (non-hydrogen) atoms. The molecule has 1 unspecified atom stereocenters.